The molecule has 0 saturated carbocycles. The number of thiocarbonyl (C=S) groups is 1. The van der Waals surface area contributed by atoms with Gasteiger partial charge in [0.15, 0.2) is 5.76 Å². The van der Waals surface area contributed by atoms with E-state index in [2.05, 4.69) is 10.3 Å². The Hall–Kier alpha value is -1.86. The highest BCUT2D eigenvalue weighted by Crippen LogP contribution is 2.38. The lowest BCUT2D eigenvalue weighted by atomic mass is 10.0. The number of aliphatic imine (C=N–C) groups is 1. The van der Waals surface area contributed by atoms with Crippen molar-refractivity contribution in [3.63, 3.8) is 0 Å². The molecule has 2 heterocycles. The molecule has 0 aliphatic carbocycles. The van der Waals surface area contributed by atoms with E-state index in [1.807, 2.05) is 0 Å². The van der Waals surface area contributed by atoms with Crippen molar-refractivity contribution in [3.8, 4) is 0 Å². The average Bonchev–Trinajstić information content (AvgIpc) is 2.88. The average molecular weight is 345 g/mol. The Morgan fingerprint density at radius 3 is 2.73 bits per heavy atom. The van der Waals surface area contributed by atoms with Crippen LogP contribution >= 0.6 is 23.8 Å². The van der Waals surface area contributed by atoms with Gasteiger partial charge in [-0.3, -0.25) is 4.99 Å². The molecule has 22 heavy (non-hydrogen) atoms. The summed E-state index contributed by atoms with van der Waals surface area (Å²) in [6.07, 6.45) is -3.14. The molecule has 0 fully saturated rings. The van der Waals surface area contributed by atoms with Gasteiger partial charge in [-0.05, 0) is 24.3 Å². The van der Waals surface area contributed by atoms with Crippen LogP contribution in [0, 0.1) is 0 Å². The smallest absolute Gasteiger partial charge is 0.417 e. The summed E-state index contributed by atoms with van der Waals surface area (Å²) in [5, 5.41) is 2.46. The molecule has 1 aromatic heterocycles. The highest BCUT2D eigenvalue weighted by molar-refractivity contribution is 7.80. The normalized spacial score (nSPS) is 14.9. The third-order valence-corrected chi connectivity index (χ3v) is 3.62. The first kappa shape index (κ1) is 15.1. The fourth-order valence-electron chi connectivity index (χ4n) is 2.14. The molecule has 1 N–H and O–H groups in total. The fraction of sp³-hybridized carbons (Fsp3) is 0.143. The van der Waals surface area contributed by atoms with Gasteiger partial charge in [0.05, 0.1) is 29.1 Å². The van der Waals surface area contributed by atoms with E-state index in [4.69, 9.17) is 28.2 Å². The van der Waals surface area contributed by atoms with Gasteiger partial charge in [-0.2, -0.15) is 13.2 Å². The van der Waals surface area contributed by atoms with Crippen LogP contribution in [-0.2, 0) is 6.18 Å². The monoisotopic (exact) mass is 344 g/mol. The first-order valence-electron chi connectivity index (χ1n) is 6.15. The van der Waals surface area contributed by atoms with Crippen LogP contribution in [0.3, 0.4) is 0 Å². The van der Waals surface area contributed by atoms with Crippen LogP contribution in [0.1, 0.15) is 16.9 Å². The van der Waals surface area contributed by atoms with Crippen molar-refractivity contribution in [2.24, 2.45) is 4.99 Å². The molecule has 3 nitrogen and oxygen atoms in total. The lowest BCUT2D eigenvalue weighted by Crippen LogP contribution is -2.13. The number of anilines is 1. The number of hydrogen-bond donors (Lipinski definition) is 1. The summed E-state index contributed by atoms with van der Waals surface area (Å²) in [6, 6.07) is 5.42. The number of halogens is 4. The molecule has 2 aromatic rings. The molecule has 0 saturated heterocycles. The maximum atomic E-state index is 13.1. The second-order valence-corrected chi connectivity index (χ2v) is 5.47. The third-order valence-electron chi connectivity index (χ3n) is 3.08. The van der Waals surface area contributed by atoms with Gasteiger partial charge in [0.25, 0.3) is 0 Å². The van der Waals surface area contributed by atoms with Gasteiger partial charge in [-0.25, -0.2) is 0 Å². The summed E-state index contributed by atoms with van der Waals surface area (Å²) in [4.78, 5) is 4.64. The summed E-state index contributed by atoms with van der Waals surface area (Å²) in [7, 11) is 0. The van der Waals surface area contributed by atoms with E-state index in [9.17, 15) is 13.2 Å². The lowest BCUT2D eigenvalue weighted by Gasteiger charge is -2.15. The first-order chi connectivity index (χ1) is 10.4. The minimum absolute atomic E-state index is 0.152. The van der Waals surface area contributed by atoms with Crippen molar-refractivity contribution in [2.75, 3.05) is 11.9 Å². The van der Waals surface area contributed by atoms with E-state index in [0.29, 0.717) is 22.1 Å². The van der Waals surface area contributed by atoms with Crippen LogP contribution in [0.25, 0.3) is 0 Å². The summed E-state index contributed by atoms with van der Waals surface area (Å²) in [6.45, 7) is 0.152. The van der Waals surface area contributed by atoms with Crippen LogP contribution in [0.2, 0.25) is 5.02 Å². The van der Waals surface area contributed by atoms with Crippen molar-refractivity contribution >= 4 is 40.2 Å². The van der Waals surface area contributed by atoms with Crippen molar-refractivity contribution in [2.45, 2.75) is 6.18 Å². The molecule has 0 unspecified atom stereocenters. The SMILES string of the molecule is FC(F)(F)c1cc2c(cc1Cl)NC(=S)CN=C2c1ccco1. The second-order valence-electron chi connectivity index (χ2n) is 4.57. The van der Waals surface area contributed by atoms with Gasteiger partial charge in [-0.15, -0.1) is 0 Å². The Morgan fingerprint density at radius 2 is 2.09 bits per heavy atom. The number of hydrogen-bond acceptors (Lipinski definition) is 3. The number of rotatable bonds is 1. The number of benzodiazepines with no additional fused rings is 1. The van der Waals surface area contributed by atoms with E-state index >= 15 is 0 Å². The predicted molar refractivity (Wildman–Crippen MR) is 81.9 cm³/mol. The summed E-state index contributed by atoms with van der Waals surface area (Å²) in [5.74, 6) is 0.364. The van der Waals surface area contributed by atoms with Crippen LogP contribution in [0.15, 0.2) is 39.9 Å². The van der Waals surface area contributed by atoms with Crippen LogP contribution < -0.4 is 5.32 Å². The molecule has 0 atom stereocenters. The number of fused-ring (bicyclic) bond motifs is 1. The number of furan rings is 1. The van der Waals surface area contributed by atoms with Crippen molar-refractivity contribution < 1.29 is 17.6 Å². The Bertz CT molecular complexity index is 769. The molecule has 3 rings (SSSR count). The van der Waals surface area contributed by atoms with Gasteiger partial charge >= 0.3 is 6.18 Å². The maximum Gasteiger partial charge on any atom is 0.417 e. The molecular weight excluding hydrogens is 337 g/mol. The standard InChI is InChI=1S/C14H8ClF3N2OS/c15-9-5-10-7(4-8(9)14(16,17)18)13(11-2-1-3-21-11)19-6-12(22)20-10/h1-5H,6H2,(H,20,22). The Labute approximate surface area is 133 Å². The van der Waals surface area contributed by atoms with Gasteiger partial charge in [0.1, 0.15) is 10.7 Å². The predicted octanol–water partition coefficient (Wildman–Crippen LogP) is 4.54. The van der Waals surface area contributed by atoms with Gasteiger partial charge in [-0.1, -0.05) is 23.8 Å². The minimum atomic E-state index is -4.56. The topological polar surface area (TPSA) is 37.5 Å². The Kier molecular flexibility index (Phi) is 3.70. The van der Waals surface area contributed by atoms with Crippen LogP contribution in [0.4, 0.5) is 18.9 Å². The molecule has 0 radical (unpaired) electrons. The summed E-state index contributed by atoms with van der Waals surface area (Å²) in [5.41, 5.74) is -0.0153. The molecule has 114 valence electrons. The van der Waals surface area contributed by atoms with E-state index in [1.165, 1.54) is 12.3 Å². The zero-order chi connectivity index (χ0) is 15.9. The highest BCUT2D eigenvalue weighted by atomic mass is 35.5. The third kappa shape index (κ3) is 2.74. The van der Waals surface area contributed by atoms with E-state index < -0.39 is 16.8 Å². The zero-order valence-electron chi connectivity index (χ0n) is 10.9. The summed E-state index contributed by atoms with van der Waals surface area (Å²) >= 11 is 10.8. The quantitative estimate of drug-likeness (QED) is 0.772. The Balaban J connectivity index is 2.24. The molecule has 1 aliphatic heterocycles. The summed E-state index contributed by atoms with van der Waals surface area (Å²) < 4.78 is 44.5. The van der Waals surface area contributed by atoms with Crippen molar-refractivity contribution in [3.05, 3.63) is 52.4 Å². The van der Waals surface area contributed by atoms with Gasteiger partial charge in [0, 0.05) is 5.56 Å². The van der Waals surface area contributed by atoms with Gasteiger partial charge in [0.2, 0.25) is 0 Å². The van der Waals surface area contributed by atoms with Crippen molar-refractivity contribution in [1.82, 2.24) is 0 Å². The second kappa shape index (κ2) is 5.40. The molecule has 8 heteroatoms. The fourth-order valence-corrected chi connectivity index (χ4v) is 2.58. The molecular formula is C14H8ClF3N2OS. The van der Waals surface area contributed by atoms with Gasteiger partial charge < -0.3 is 9.73 Å². The van der Waals surface area contributed by atoms with E-state index in [-0.39, 0.29) is 12.1 Å². The zero-order valence-corrected chi connectivity index (χ0v) is 12.4. The largest absolute Gasteiger partial charge is 0.463 e. The number of benzene rings is 1. The molecule has 0 spiro atoms. The number of alkyl halides is 3. The van der Waals surface area contributed by atoms with E-state index in [0.717, 1.165) is 6.07 Å². The van der Waals surface area contributed by atoms with Crippen LogP contribution in [-0.4, -0.2) is 17.2 Å². The molecule has 0 bridgehead atoms. The number of nitrogens with one attached hydrogen (secondary N) is 1. The lowest BCUT2D eigenvalue weighted by molar-refractivity contribution is -0.137. The van der Waals surface area contributed by atoms with Crippen LogP contribution in [0.5, 0.6) is 0 Å². The molecule has 1 aromatic carbocycles. The molecule has 1 aliphatic rings. The number of nitrogens with zero attached hydrogens (tertiary/aromatic N) is 1. The Morgan fingerprint density at radius 1 is 1.32 bits per heavy atom. The maximum absolute atomic E-state index is 13.1. The highest BCUT2D eigenvalue weighted by Gasteiger charge is 2.35. The first-order valence-corrected chi connectivity index (χ1v) is 6.94. The minimum Gasteiger partial charge on any atom is -0.463 e. The molecule has 0 amide bonds. The van der Waals surface area contributed by atoms with Crippen molar-refractivity contribution in [1.29, 1.82) is 0 Å². The van der Waals surface area contributed by atoms with E-state index in [1.54, 1.807) is 12.1 Å².